The number of hydrogen-bond acceptors (Lipinski definition) is 2. The maximum absolute atomic E-state index is 6.21. The van der Waals surface area contributed by atoms with Gasteiger partial charge in [0.15, 0.2) is 9.04 Å². The summed E-state index contributed by atoms with van der Waals surface area (Å²) >= 11 is 0. The van der Waals surface area contributed by atoms with Gasteiger partial charge in [0.2, 0.25) is 0 Å². The topological polar surface area (TPSA) is 37.9 Å². The van der Waals surface area contributed by atoms with Gasteiger partial charge in [-0.25, -0.2) is 4.98 Å². The second kappa shape index (κ2) is 6.71. The van der Waals surface area contributed by atoms with Crippen molar-refractivity contribution in [3.63, 3.8) is 0 Å². The molecular formula is C15H30N2OSi. The van der Waals surface area contributed by atoms with E-state index in [1.807, 2.05) is 6.33 Å². The number of aryl methyl sites for hydroxylation is 1. The molecule has 0 radical (unpaired) electrons. The molecule has 1 atom stereocenters. The molecule has 0 aliphatic carbocycles. The maximum atomic E-state index is 6.21. The first kappa shape index (κ1) is 16.4. The first-order chi connectivity index (χ1) is 8.71. The molecule has 0 aliphatic heterocycles. The fourth-order valence-corrected chi connectivity index (χ4v) is 3.53. The number of H-pyrrole nitrogens is 1. The molecule has 0 saturated carbocycles. The number of nitrogens with zero attached hydrogens (tertiary/aromatic N) is 1. The third-order valence-electron chi connectivity index (χ3n) is 3.37. The number of hydrogen-bond donors (Lipinski definition) is 1. The average molecular weight is 283 g/mol. The lowest BCUT2D eigenvalue weighted by molar-refractivity contribution is 0.0785. The highest BCUT2D eigenvalue weighted by Gasteiger charge is 2.26. The van der Waals surface area contributed by atoms with Gasteiger partial charge in [-0.1, -0.05) is 34.6 Å². The molecule has 0 aromatic carbocycles. The van der Waals surface area contributed by atoms with Gasteiger partial charge in [-0.05, 0) is 37.3 Å². The van der Waals surface area contributed by atoms with Crippen LogP contribution < -0.4 is 0 Å². The summed E-state index contributed by atoms with van der Waals surface area (Å²) in [5.74, 6) is 0.506. The number of imidazole rings is 1. The minimum Gasteiger partial charge on any atom is -0.417 e. The van der Waals surface area contributed by atoms with E-state index in [1.165, 1.54) is 11.4 Å². The van der Waals surface area contributed by atoms with E-state index in [-0.39, 0.29) is 5.41 Å². The second-order valence-electron chi connectivity index (χ2n) is 7.00. The van der Waals surface area contributed by atoms with Crippen LogP contribution in [0.3, 0.4) is 0 Å². The Balaban J connectivity index is 2.68. The van der Waals surface area contributed by atoms with Crippen LogP contribution >= 0.6 is 0 Å². The van der Waals surface area contributed by atoms with Gasteiger partial charge in [0, 0.05) is 11.8 Å². The lowest BCUT2D eigenvalue weighted by Gasteiger charge is -2.32. The van der Waals surface area contributed by atoms with Gasteiger partial charge in [0.05, 0.1) is 12.0 Å². The van der Waals surface area contributed by atoms with Crippen molar-refractivity contribution in [2.75, 3.05) is 0 Å². The van der Waals surface area contributed by atoms with Crippen LogP contribution in [0.1, 0.15) is 58.3 Å². The molecule has 110 valence electrons. The van der Waals surface area contributed by atoms with Crippen molar-refractivity contribution in [1.29, 1.82) is 0 Å². The monoisotopic (exact) mass is 282 g/mol. The predicted octanol–water partition coefficient (Wildman–Crippen LogP) is 3.88. The van der Waals surface area contributed by atoms with Gasteiger partial charge in [-0.3, -0.25) is 0 Å². The van der Waals surface area contributed by atoms with E-state index >= 15 is 0 Å². The molecule has 1 N–H and O–H groups in total. The second-order valence-corrected chi connectivity index (χ2v) is 9.37. The van der Waals surface area contributed by atoms with E-state index in [0.717, 1.165) is 12.8 Å². The van der Waals surface area contributed by atoms with E-state index in [1.54, 1.807) is 0 Å². The summed E-state index contributed by atoms with van der Waals surface area (Å²) < 4.78 is 6.21. The molecule has 0 spiro atoms. The largest absolute Gasteiger partial charge is 0.417 e. The Labute approximate surface area is 119 Å². The van der Waals surface area contributed by atoms with Crippen molar-refractivity contribution < 1.29 is 4.43 Å². The molecule has 0 bridgehead atoms. The molecule has 3 nitrogen and oxygen atoms in total. The third-order valence-corrected chi connectivity index (χ3v) is 4.25. The van der Waals surface area contributed by atoms with Crippen LogP contribution in [-0.4, -0.2) is 25.1 Å². The van der Waals surface area contributed by atoms with Crippen LogP contribution in [0.5, 0.6) is 0 Å². The molecule has 0 amide bonds. The summed E-state index contributed by atoms with van der Waals surface area (Å²) in [5, 5.41) is 0. The molecule has 0 fully saturated rings. The van der Waals surface area contributed by atoms with Gasteiger partial charge in [-0.2, -0.15) is 0 Å². The van der Waals surface area contributed by atoms with Crippen LogP contribution in [-0.2, 0) is 10.8 Å². The standard InChI is InChI=1S/C15H30N2OSi/c1-11(2)14-12(16-10-17-14)8-9-13(15(3,4)5)18-19(6)7/h10-11,13,19H,8-9H2,1-7H3,(H,16,17). The summed E-state index contributed by atoms with van der Waals surface area (Å²) in [7, 11) is -0.999. The molecule has 1 heterocycles. The smallest absolute Gasteiger partial charge is 0.171 e. The summed E-state index contributed by atoms with van der Waals surface area (Å²) in [6, 6.07) is 0. The van der Waals surface area contributed by atoms with E-state index in [4.69, 9.17) is 4.43 Å². The molecule has 19 heavy (non-hydrogen) atoms. The van der Waals surface area contributed by atoms with Gasteiger partial charge < -0.3 is 9.41 Å². The fourth-order valence-electron chi connectivity index (χ4n) is 2.33. The van der Waals surface area contributed by atoms with Crippen molar-refractivity contribution >= 4 is 9.04 Å². The van der Waals surface area contributed by atoms with Crippen LogP contribution in [0.15, 0.2) is 6.33 Å². The normalized spacial score (nSPS) is 14.4. The molecule has 1 aromatic rings. The number of aromatic nitrogens is 2. The first-order valence-corrected chi connectivity index (χ1v) is 10.2. The average Bonchev–Trinajstić information content (AvgIpc) is 2.70. The first-order valence-electron chi connectivity index (χ1n) is 7.39. The Bertz CT molecular complexity index is 380. The van der Waals surface area contributed by atoms with Crippen LogP contribution in [0.4, 0.5) is 0 Å². The van der Waals surface area contributed by atoms with Crippen molar-refractivity contribution in [3.05, 3.63) is 17.7 Å². The molecule has 1 aromatic heterocycles. The minimum absolute atomic E-state index is 0.200. The van der Waals surface area contributed by atoms with E-state index in [2.05, 4.69) is 57.7 Å². The zero-order valence-electron chi connectivity index (χ0n) is 13.6. The van der Waals surface area contributed by atoms with E-state index in [9.17, 15) is 0 Å². The number of nitrogens with one attached hydrogen (secondary N) is 1. The number of rotatable bonds is 6. The third kappa shape index (κ3) is 5.11. The molecule has 0 saturated heterocycles. The molecule has 1 unspecified atom stereocenters. The highest BCUT2D eigenvalue weighted by Crippen LogP contribution is 2.27. The number of aromatic amines is 1. The Morgan fingerprint density at radius 3 is 2.42 bits per heavy atom. The van der Waals surface area contributed by atoms with Crippen LogP contribution in [0.25, 0.3) is 0 Å². The highest BCUT2D eigenvalue weighted by atomic mass is 28.3. The molecule has 4 heteroatoms. The molecular weight excluding hydrogens is 252 g/mol. The predicted molar refractivity (Wildman–Crippen MR) is 84.2 cm³/mol. The van der Waals surface area contributed by atoms with E-state index < -0.39 is 9.04 Å². The van der Waals surface area contributed by atoms with Gasteiger partial charge in [0.25, 0.3) is 0 Å². The van der Waals surface area contributed by atoms with E-state index in [0.29, 0.717) is 12.0 Å². The van der Waals surface area contributed by atoms with Gasteiger partial charge >= 0.3 is 0 Å². The summed E-state index contributed by atoms with van der Waals surface area (Å²) in [6.07, 6.45) is 4.20. The summed E-state index contributed by atoms with van der Waals surface area (Å²) in [5.41, 5.74) is 2.68. The van der Waals surface area contributed by atoms with Crippen molar-refractivity contribution in [3.8, 4) is 0 Å². The highest BCUT2D eigenvalue weighted by molar-refractivity contribution is 6.48. The summed E-state index contributed by atoms with van der Waals surface area (Å²) in [4.78, 5) is 7.74. The summed E-state index contributed by atoms with van der Waals surface area (Å²) in [6.45, 7) is 15.7. The van der Waals surface area contributed by atoms with Crippen molar-refractivity contribution in [2.24, 2.45) is 5.41 Å². The molecule has 0 aliphatic rings. The van der Waals surface area contributed by atoms with Crippen molar-refractivity contribution in [1.82, 2.24) is 9.97 Å². The maximum Gasteiger partial charge on any atom is 0.171 e. The quantitative estimate of drug-likeness (QED) is 0.804. The molecule has 1 rings (SSSR count). The Morgan fingerprint density at radius 2 is 1.95 bits per heavy atom. The Kier molecular flexibility index (Phi) is 5.80. The minimum atomic E-state index is -0.999. The van der Waals surface area contributed by atoms with Crippen molar-refractivity contribution in [2.45, 2.75) is 72.6 Å². The zero-order chi connectivity index (χ0) is 14.6. The Morgan fingerprint density at radius 1 is 1.32 bits per heavy atom. The van der Waals surface area contributed by atoms with Gasteiger partial charge in [0.1, 0.15) is 0 Å². The lowest BCUT2D eigenvalue weighted by Crippen LogP contribution is -2.33. The van der Waals surface area contributed by atoms with Crippen LogP contribution in [0, 0.1) is 5.41 Å². The zero-order valence-corrected chi connectivity index (χ0v) is 14.7. The SMILES string of the molecule is CC(C)c1[nH]cnc1CCC(O[SiH](C)C)C(C)(C)C. The lowest BCUT2D eigenvalue weighted by atomic mass is 9.86. The van der Waals surface area contributed by atoms with Crippen LogP contribution in [0.2, 0.25) is 13.1 Å². The van der Waals surface area contributed by atoms with Gasteiger partial charge in [-0.15, -0.1) is 0 Å². The fraction of sp³-hybridized carbons (Fsp3) is 0.800. The Hall–Kier alpha value is -0.613.